The van der Waals surface area contributed by atoms with Crippen LogP contribution in [-0.2, 0) is 12.1 Å². The Labute approximate surface area is 114 Å². The average Bonchev–Trinajstić information content (AvgIpc) is 2.81. The summed E-state index contributed by atoms with van der Waals surface area (Å²) in [5, 5.41) is 4.76. The van der Waals surface area contributed by atoms with Crippen LogP contribution in [-0.4, -0.2) is 16.9 Å². The molecule has 104 valence electrons. The van der Waals surface area contributed by atoms with E-state index in [9.17, 15) is 0 Å². The summed E-state index contributed by atoms with van der Waals surface area (Å²) in [5.41, 5.74) is 6.95. The van der Waals surface area contributed by atoms with Gasteiger partial charge >= 0.3 is 0 Å². The molecule has 19 heavy (non-hydrogen) atoms. The van der Waals surface area contributed by atoms with E-state index in [1.54, 1.807) is 7.11 Å². The van der Waals surface area contributed by atoms with Crippen LogP contribution >= 0.6 is 0 Å². The van der Waals surface area contributed by atoms with Crippen molar-refractivity contribution in [2.75, 3.05) is 7.11 Å². The maximum absolute atomic E-state index is 5.78. The second kappa shape index (κ2) is 3.98. The van der Waals surface area contributed by atoms with E-state index >= 15 is 0 Å². The van der Waals surface area contributed by atoms with E-state index < -0.39 is 0 Å². The molecule has 0 unspecified atom stereocenters. The third-order valence-electron chi connectivity index (χ3n) is 5.66. The van der Waals surface area contributed by atoms with Gasteiger partial charge in [-0.15, -0.1) is 0 Å². The van der Waals surface area contributed by atoms with Crippen LogP contribution in [0.5, 0.6) is 5.75 Å². The van der Waals surface area contributed by atoms with Crippen LogP contribution in [0.2, 0.25) is 0 Å². The molecule has 1 heterocycles. The zero-order chi connectivity index (χ0) is 13.0. The van der Waals surface area contributed by atoms with Gasteiger partial charge < -0.3 is 10.5 Å². The number of nitrogens with zero attached hydrogens (tertiary/aromatic N) is 2. The molecule has 5 rings (SSSR count). The minimum atomic E-state index is 0.273. The van der Waals surface area contributed by atoms with Gasteiger partial charge in [-0.3, -0.25) is 4.68 Å². The molecule has 0 aromatic carbocycles. The normalized spacial score (nSPS) is 39.8. The second-order valence-electron chi connectivity index (χ2n) is 6.93. The Bertz CT molecular complexity index is 437. The number of hydrogen-bond acceptors (Lipinski definition) is 3. The fourth-order valence-electron chi connectivity index (χ4n) is 5.29. The summed E-state index contributed by atoms with van der Waals surface area (Å²) < 4.78 is 7.64. The molecule has 4 fully saturated rings. The summed E-state index contributed by atoms with van der Waals surface area (Å²) in [6, 6.07) is 0. The Morgan fingerprint density at radius 1 is 1.26 bits per heavy atom. The first-order valence-electron chi connectivity index (χ1n) is 7.55. The zero-order valence-electron chi connectivity index (χ0n) is 11.6. The molecule has 0 atom stereocenters. The molecule has 4 aliphatic carbocycles. The second-order valence-corrected chi connectivity index (χ2v) is 6.93. The molecule has 0 saturated heterocycles. The summed E-state index contributed by atoms with van der Waals surface area (Å²) in [4.78, 5) is 0. The number of nitrogens with two attached hydrogens (primary N) is 1. The van der Waals surface area contributed by atoms with E-state index in [2.05, 4.69) is 10.9 Å². The van der Waals surface area contributed by atoms with E-state index in [4.69, 9.17) is 15.6 Å². The quantitative estimate of drug-likeness (QED) is 0.908. The lowest BCUT2D eigenvalue weighted by Gasteiger charge is -2.56. The number of hydrogen-bond donors (Lipinski definition) is 1. The van der Waals surface area contributed by atoms with E-state index in [0.29, 0.717) is 6.54 Å². The number of rotatable bonds is 3. The summed E-state index contributed by atoms with van der Waals surface area (Å²) in [6.07, 6.45) is 10.4. The molecule has 2 N–H and O–H groups in total. The van der Waals surface area contributed by atoms with Crippen molar-refractivity contribution in [1.82, 2.24) is 9.78 Å². The highest BCUT2D eigenvalue weighted by Crippen LogP contribution is 2.58. The Hall–Kier alpha value is -1.03. The summed E-state index contributed by atoms with van der Waals surface area (Å²) >= 11 is 0. The van der Waals surface area contributed by atoms with Crippen LogP contribution in [0, 0.1) is 17.8 Å². The van der Waals surface area contributed by atoms with Gasteiger partial charge in [0.2, 0.25) is 0 Å². The highest BCUT2D eigenvalue weighted by atomic mass is 16.5. The fourth-order valence-corrected chi connectivity index (χ4v) is 5.29. The van der Waals surface area contributed by atoms with Gasteiger partial charge in [-0.05, 0) is 56.3 Å². The van der Waals surface area contributed by atoms with Crippen LogP contribution < -0.4 is 10.5 Å². The predicted molar refractivity (Wildman–Crippen MR) is 72.8 cm³/mol. The summed E-state index contributed by atoms with van der Waals surface area (Å²) in [5.74, 6) is 3.66. The van der Waals surface area contributed by atoms with E-state index in [-0.39, 0.29) is 5.54 Å². The zero-order valence-corrected chi connectivity index (χ0v) is 11.6. The van der Waals surface area contributed by atoms with Gasteiger partial charge in [0, 0.05) is 6.54 Å². The molecule has 4 aliphatic rings. The van der Waals surface area contributed by atoms with Crippen LogP contribution in [0.15, 0.2) is 6.20 Å². The number of methoxy groups -OCH3 is 1. The van der Waals surface area contributed by atoms with Crippen molar-refractivity contribution < 1.29 is 4.74 Å². The maximum Gasteiger partial charge on any atom is 0.161 e. The molecule has 1 aromatic heterocycles. The molecule has 0 amide bonds. The van der Waals surface area contributed by atoms with E-state index in [1.807, 2.05) is 0 Å². The van der Waals surface area contributed by atoms with Crippen molar-refractivity contribution in [2.24, 2.45) is 23.5 Å². The summed E-state index contributed by atoms with van der Waals surface area (Å²) in [7, 11) is 1.71. The minimum Gasteiger partial charge on any atom is -0.493 e. The monoisotopic (exact) mass is 261 g/mol. The molecule has 0 aliphatic heterocycles. The van der Waals surface area contributed by atoms with Crippen molar-refractivity contribution in [1.29, 1.82) is 0 Å². The van der Waals surface area contributed by atoms with Crippen LogP contribution in [0.4, 0.5) is 0 Å². The van der Waals surface area contributed by atoms with Crippen LogP contribution in [0.3, 0.4) is 0 Å². The molecule has 4 bridgehead atoms. The molecule has 4 saturated carbocycles. The van der Waals surface area contributed by atoms with Gasteiger partial charge in [0.05, 0.1) is 18.8 Å². The highest BCUT2D eigenvalue weighted by Gasteiger charge is 2.52. The largest absolute Gasteiger partial charge is 0.493 e. The topological polar surface area (TPSA) is 53.1 Å². The molecule has 4 heteroatoms. The average molecular weight is 261 g/mol. The standard InChI is InChI=1S/C15H23N3O/c1-19-14-9-18(17-13(14)8-16)15-5-10-2-11(6-15)4-12(3-10)7-15/h9-12H,2-8,16H2,1H3. The van der Waals surface area contributed by atoms with Gasteiger partial charge in [0.25, 0.3) is 0 Å². The first kappa shape index (κ1) is 11.8. The van der Waals surface area contributed by atoms with Crippen molar-refractivity contribution in [3.63, 3.8) is 0 Å². The van der Waals surface area contributed by atoms with Crippen LogP contribution in [0.1, 0.15) is 44.2 Å². The van der Waals surface area contributed by atoms with Gasteiger partial charge in [-0.25, -0.2) is 0 Å². The van der Waals surface area contributed by atoms with Crippen molar-refractivity contribution in [3.8, 4) is 5.75 Å². The summed E-state index contributed by atoms with van der Waals surface area (Å²) in [6.45, 7) is 0.461. The van der Waals surface area contributed by atoms with E-state index in [0.717, 1.165) is 29.2 Å². The molecular formula is C15H23N3O. The first-order chi connectivity index (χ1) is 9.22. The van der Waals surface area contributed by atoms with Crippen molar-refractivity contribution in [3.05, 3.63) is 11.9 Å². The lowest BCUT2D eigenvalue weighted by molar-refractivity contribution is -0.0496. The number of ether oxygens (including phenoxy) is 1. The van der Waals surface area contributed by atoms with Crippen LogP contribution in [0.25, 0.3) is 0 Å². The molecule has 0 radical (unpaired) electrons. The molecular weight excluding hydrogens is 238 g/mol. The number of aromatic nitrogens is 2. The van der Waals surface area contributed by atoms with Gasteiger partial charge in [0.15, 0.2) is 5.75 Å². The highest BCUT2D eigenvalue weighted by molar-refractivity contribution is 5.25. The van der Waals surface area contributed by atoms with E-state index in [1.165, 1.54) is 38.5 Å². The predicted octanol–water partition coefficient (Wildman–Crippen LogP) is 2.28. The molecule has 1 aromatic rings. The maximum atomic E-state index is 5.78. The SMILES string of the molecule is COc1cn(C23CC4CC(CC(C4)C2)C3)nc1CN. The Morgan fingerprint density at radius 3 is 2.26 bits per heavy atom. The minimum absolute atomic E-state index is 0.273. The molecule has 0 spiro atoms. The Morgan fingerprint density at radius 2 is 1.84 bits per heavy atom. The Kier molecular flexibility index (Phi) is 2.47. The fraction of sp³-hybridized carbons (Fsp3) is 0.800. The van der Waals surface area contributed by atoms with Crippen molar-refractivity contribution in [2.45, 2.75) is 50.6 Å². The van der Waals surface area contributed by atoms with Gasteiger partial charge in [-0.1, -0.05) is 0 Å². The Balaban J connectivity index is 1.73. The lowest BCUT2D eigenvalue weighted by atomic mass is 9.53. The first-order valence-corrected chi connectivity index (χ1v) is 7.55. The lowest BCUT2D eigenvalue weighted by Crippen LogP contribution is -2.52. The third-order valence-corrected chi connectivity index (χ3v) is 5.66. The van der Waals surface area contributed by atoms with Gasteiger partial charge in [0.1, 0.15) is 5.69 Å². The van der Waals surface area contributed by atoms with Gasteiger partial charge in [-0.2, -0.15) is 5.10 Å². The molecule has 4 nitrogen and oxygen atoms in total. The smallest absolute Gasteiger partial charge is 0.161 e. The van der Waals surface area contributed by atoms with Crippen molar-refractivity contribution >= 4 is 0 Å². The third kappa shape index (κ3) is 1.65.